The number of rotatable bonds is 5. The van der Waals surface area contributed by atoms with Crippen LogP contribution in [0.3, 0.4) is 0 Å². The van der Waals surface area contributed by atoms with Gasteiger partial charge in [0.1, 0.15) is 0 Å². The van der Waals surface area contributed by atoms with Gasteiger partial charge in [-0.3, -0.25) is 10.1 Å². The van der Waals surface area contributed by atoms with Crippen LogP contribution < -0.4 is 5.32 Å². The Kier molecular flexibility index (Phi) is 4.28. The average Bonchev–Trinajstić information content (AvgIpc) is 2.90. The van der Waals surface area contributed by atoms with Crippen molar-refractivity contribution in [1.82, 2.24) is 5.32 Å². The minimum Gasteiger partial charge on any atom is -0.381 e. The molecule has 0 amide bonds. The molecule has 1 aliphatic rings. The second-order valence-electron chi connectivity index (χ2n) is 4.72. The van der Waals surface area contributed by atoms with Crippen LogP contribution in [0.4, 0.5) is 5.69 Å². The van der Waals surface area contributed by atoms with E-state index in [2.05, 4.69) is 12.2 Å². The Labute approximate surface area is 106 Å². The van der Waals surface area contributed by atoms with E-state index < -0.39 is 0 Å². The highest BCUT2D eigenvalue weighted by Gasteiger charge is 2.21. The maximum absolute atomic E-state index is 10.5. The molecule has 0 saturated carbocycles. The lowest BCUT2D eigenvalue weighted by molar-refractivity contribution is -0.384. The van der Waals surface area contributed by atoms with Crippen molar-refractivity contribution in [3.05, 3.63) is 39.9 Å². The van der Waals surface area contributed by atoms with E-state index in [0.717, 1.165) is 31.7 Å². The number of nitrogens with zero attached hydrogens (tertiary/aromatic N) is 1. The summed E-state index contributed by atoms with van der Waals surface area (Å²) in [6, 6.07) is 7.08. The number of ether oxygens (including phenoxy) is 1. The summed E-state index contributed by atoms with van der Waals surface area (Å²) >= 11 is 0. The summed E-state index contributed by atoms with van der Waals surface area (Å²) in [5.41, 5.74) is 1.20. The predicted molar refractivity (Wildman–Crippen MR) is 68.3 cm³/mol. The standard InChI is InChI=1S/C13H18N2O3/c1-10(12-6-7-18-9-12)14-8-11-2-4-13(5-3-11)15(16)17/h2-5,10,12,14H,6-9H2,1H3. The molecule has 2 unspecified atom stereocenters. The first-order chi connectivity index (χ1) is 8.66. The van der Waals surface area contributed by atoms with Crippen molar-refractivity contribution in [2.75, 3.05) is 13.2 Å². The van der Waals surface area contributed by atoms with Crippen molar-refractivity contribution in [2.24, 2.45) is 5.92 Å². The Morgan fingerprint density at radius 3 is 2.78 bits per heavy atom. The fourth-order valence-electron chi connectivity index (χ4n) is 2.13. The van der Waals surface area contributed by atoms with Crippen LogP contribution in [0, 0.1) is 16.0 Å². The molecule has 5 nitrogen and oxygen atoms in total. The fourth-order valence-corrected chi connectivity index (χ4v) is 2.13. The van der Waals surface area contributed by atoms with Crippen LogP contribution in [0.5, 0.6) is 0 Å². The number of hydrogen-bond acceptors (Lipinski definition) is 4. The molecule has 0 aromatic heterocycles. The van der Waals surface area contributed by atoms with Gasteiger partial charge in [0.05, 0.1) is 11.5 Å². The second-order valence-corrected chi connectivity index (χ2v) is 4.72. The first kappa shape index (κ1) is 13.0. The lowest BCUT2D eigenvalue weighted by atomic mass is 10.0. The maximum atomic E-state index is 10.5. The van der Waals surface area contributed by atoms with Gasteiger partial charge in [-0.15, -0.1) is 0 Å². The smallest absolute Gasteiger partial charge is 0.269 e. The van der Waals surface area contributed by atoms with Gasteiger partial charge in [-0.1, -0.05) is 12.1 Å². The third-order valence-corrected chi connectivity index (χ3v) is 3.45. The van der Waals surface area contributed by atoms with Crippen LogP contribution in [0.1, 0.15) is 18.9 Å². The molecule has 0 spiro atoms. The SMILES string of the molecule is CC(NCc1ccc([N+](=O)[O-])cc1)C1CCOC1. The number of benzene rings is 1. The zero-order chi connectivity index (χ0) is 13.0. The van der Waals surface area contributed by atoms with Gasteiger partial charge in [-0.2, -0.15) is 0 Å². The zero-order valence-corrected chi connectivity index (χ0v) is 10.5. The summed E-state index contributed by atoms with van der Waals surface area (Å²) in [6.45, 7) is 4.57. The Morgan fingerprint density at radius 1 is 1.50 bits per heavy atom. The lowest BCUT2D eigenvalue weighted by Gasteiger charge is -2.19. The van der Waals surface area contributed by atoms with E-state index in [4.69, 9.17) is 4.74 Å². The summed E-state index contributed by atoms with van der Waals surface area (Å²) in [5, 5.41) is 14.0. The van der Waals surface area contributed by atoms with Gasteiger partial charge in [0.25, 0.3) is 5.69 Å². The Bertz CT molecular complexity index is 399. The third kappa shape index (κ3) is 3.27. The summed E-state index contributed by atoms with van der Waals surface area (Å²) < 4.78 is 5.36. The minimum absolute atomic E-state index is 0.135. The normalized spacial score (nSPS) is 20.8. The van der Waals surface area contributed by atoms with Crippen LogP contribution in [0.25, 0.3) is 0 Å². The molecular weight excluding hydrogens is 232 g/mol. The van der Waals surface area contributed by atoms with Crippen LogP contribution in [-0.2, 0) is 11.3 Å². The molecule has 5 heteroatoms. The van der Waals surface area contributed by atoms with Crippen molar-refractivity contribution < 1.29 is 9.66 Å². The molecule has 1 saturated heterocycles. The monoisotopic (exact) mass is 250 g/mol. The van der Waals surface area contributed by atoms with Crippen LogP contribution in [0.15, 0.2) is 24.3 Å². The van der Waals surface area contributed by atoms with E-state index in [-0.39, 0.29) is 10.6 Å². The molecule has 1 heterocycles. The minimum atomic E-state index is -0.379. The van der Waals surface area contributed by atoms with Crippen LogP contribution >= 0.6 is 0 Å². The number of non-ortho nitro benzene ring substituents is 1. The van der Waals surface area contributed by atoms with Gasteiger partial charge >= 0.3 is 0 Å². The van der Waals surface area contributed by atoms with Gasteiger partial charge < -0.3 is 10.1 Å². The fraction of sp³-hybridized carbons (Fsp3) is 0.538. The van der Waals surface area contributed by atoms with E-state index >= 15 is 0 Å². The second kappa shape index (κ2) is 5.93. The van der Waals surface area contributed by atoms with E-state index in [1.54, 1.807) is 24.3 Å². The molecule has 1 aliphatic heterocycles. The largest absolute Gasteiger partial charge is 0.381 e. The zero-order valence-electron chi connectivity index (χ0n) is 10.5. The van der Waals surface area contributed by atoms with Crippen molar-refractivity contribution in [3.63, 3.8) is 0 Å². The van der Waals surface area contributed by atoms with Gasteiger partial charge in [-0.05, 0) is 24.8 Å². The van der Waals surface area contributed by atoms with Gasteiger partial charge in [-0.25, -0.2) is 0 Å². The molecule has 18 heavy (non-hydrogen) atoms. The molecule has 98 valence electrons. The Hall–Kier alpha value is -1.46. The van der Waals surface area contributed by atoms with Crippen LogP contribution in [-0.4, -0.2) is 24.2 Å². The molecule has 1 aromatic rings. The quantitative estimate of drug-likeness (QED) is 0.642. The summed E-state index contributed by atoms with van der Waals surface area (Å²) in [6.07, 6.45) is 1.11. The molecule has 0 bridgehead atoms. The first-order valence-electron chi connectivity index (χ1n) is 6.21. The molecule has 0 aliphatic carbocycles. The molecule has 1 N–H and O–H groups in total. The highest BCUT2D eigenvalue weighted by molar-refractivity contribution is 5.32. The number of nitro benzene ring substituents is 1. The molecular formula is C13H18N2O3. The van der Waals surface area contributed by atoms with Crippen molar-refractivity contribution in [2.45, 2.75) is 25.9 Å². The molecule has 1 aromatic carbocycles. The predicted octanol–water partition coefficient (Wildman–Crippen LogP) is 2.11. The highest BCUT2D eigenvalue weighted by atomic mass is 16.6. The van der Waals surface area contributed by atoms with E-state index in [9.17, 15) is 10.1 Å². The molecule has 0 radical (unpaired) electrons. The summed E-state index contributed by atoms with van der Waals surface area (Å²) in [7, 11) is 0. The lowest BCUT2D eigenvalue weighted by Crippen LogP contribution is -2.33. The molecule has 2 rings (SSSR count). The van der Waals surface area contributed by atoms with Gasteiger partial charge in [0.2, 0.25) is 0 Å². The Balaban J connectivity index is 1.84. The van der Waals surface area contributed by atoms with Crippen molar-refractivity contribution in [3.8, 4) is 0 Å². The van der Waals surface area contributed by atoms with Gasteiger partial charge in [0.15, 0.2) is 0 Å². The topological polar surface area (TPSA) is 64.4 Å². The average molecular weight is 250 g/mol. The van der Waals surface area contributed by atoms with E-state index in [1.165, 1.54) is 0 Å². The van der Waals surface area contributed by atoms with E-state index in [1.807, 2.05) is 0 Å². The number of nitrogens with one attached hydrogen (secondary N) is 1. The summed E-state index contributed by atoms with van der Waals surface area (Å²) in [4.78, 5) is 10.1. The first-order valence-corrected chi connectivity index (χ1v) is 6.21. The third-order valence-electron chi connectivity index (χ3n) is 3.45. The van der Waals surface area contributed by atoms with Crippen LogP contribution in [0.2, 0.25) is 0 Å². The number of hydrogen-bond donors (Lipinski definition) is 1. The van der Waals surface area contributed by atoms with Crippen molar-refractivity contribution in [1.29, 1.82) is 0 Å². The van der Waals surface area contributed by atoms with Crippen molar-refractivity contribution >= 4 is 5.69 Å². The number of nitro groups is 1. The maximum Gasteiger partial charge on any atom is 0.269 e. The van der Waals surface area contributed by atoms with Gasteiger partial charge in [0, 0.05) is 31.3 Å². The summed E-state index contributed by atoms with van der Waals surface area (Å²) in [5.74, 6) is 0.572. The molecule has 1 fully saturated rings. The van der Waals surface area contributed by atoms with E-state index in [0.29, 0.717) is 12.0 Å². The highest BCUT2D eigenvalue weighted by Crippen LogP contribution is 2.17. The Morgan fingerprint density at radius 2 is 2.22 bits per heavy atom. The molecule has 2 atom stereocenters.